The smallest absolute Gasteiger partial charge is 0.321 e. The van der Waals surface area contributed by atoms with E-state index in [2.05, 4.69) is 31.3 Å². The van der Waals surface area contributed by atoms with E-state index in [9.17, 15) is 4.79 Å². The Morgan fingerprint density at radius 1 is 1.22 bits per heavy atom. The standard InChI is InChI=1S/C21H26N2O3S/c1-5-15(3)27-17-7-8-18(14(2)10-17)22-21(24)23(4)12-16-6-9-19-20(11-16)26-13-25-19/h6-11,15H,5,12-13H2,1-4H3,(H,22,24). The van der Waals surface area contributed by atoms with Crippen molar-refractivity contribution in [3.05, 3.63) is 47.5 Å². The fraction of sp³-hybridized carbons (Fsp3) is 0.381. The van der Waals surface area contributed by atoms with Crippen LogP contribution in [0, 0.1) is 6.92 Å². The lowest BCUT2D eigenvalue weighted by molar-refractivity contribution is 0.174. The Kier molecular flexibility index (Phi) is 6.16. The second kappa shape index (κ2) is 8.57. The number of nitrogens with one attached hydrogen (secondary N) is 1. The Morgan fingerprint density at radius 3 is 2.74 bits per heavy atom. The molecule has 0 bridgehead atoms. The molecule has 144 valence electrons. The van der Waals surface area contributed by atoms with Gasteiger partial charge in [0.1, 0.15) is 0 Å². The quantitative estimate of drug-likeness (QED) is 0.687. The van der Waals surface area contributed by atoms with Crippen LogP contribution in [0.1, 0.15) is 31.4 Å². The lowest BCUT2D eigenvalue weighted by Crippen LogP contribution is -2.31. The molecule has 2 aromatic carbocycles. The molecule has 1 atom stereocenters. The van der Waals surface area contributed by atoms with Crippen molar-refractivity contribution in [2.45, 2.75) is 43.9 Å². The van der Waals surface area contributed by atoms with E-state index < -0.39 is 0 Å². The summed E-state index contributed by atoms with van der Waals surface area (Å²) in [6.45, 7) is 7.17. The van der Waals surface area contributed by atoms with Gasteiger partial charge < -0.3 is 19.7 Å². The van der Waals surface area contributed by atoms with Gasteiger partial charge in [-0.1, -0.05) is 19.9 Å². The molecule has 2 amide bonds. The van der Waals surface area contributed by atoms with Gasteiger partial charge in [0.15, 0.2) is 11.5 Å². The molecule has 1 aliphatic heterocycles. The van der Waals surface area contributed by atoms with E-state index in [0.29, 0.717) is 11.8 Å². The van der Waals surface area contributed by atoms with Crippen LogP contribution >= 0.6 is 11.8 Å². The summed E-state index contributed by atoms with van der Waals surface area (Å²) in [5.74, 6) is 1.48. The van der Waals surface area contributed by atoms with Crippen molar-refractivity contribution in [1.29, 1.82) is 0 Å². The maximum absolute atomic E-state index is 12.6. The van der Waals surface area contributed by atoms with Crippen LogP contribution in [0.25, 0.3) is 0 Å². The van der Waals surface area contributed by atoms with Gasteiger partial charge in [-0.15, -0.1) is 11.8 Å². The normalized spacial score (nSPS) is 13.3. The molecule has 0 aromatic heterocycles. The van der Waals surface area contributed by atoms with Gasteiger partial charge in [-0.05, 0) is 54.8 Å². The summed E-state index contributed by atoms with van der Waals surface area (Å²) < 4.78 is 10.7. The molecule has 1 heterocycles. The predicted molar refractivity (Wildman–Crippen MR) is 110 cm³/mol. The number of ether oxygens (including phenoxy) is 2. The Bertz CT molecular complexity index is 825. The Balaban J connectivity index is 1.61. The average Bonchev–Trinajstić information content (AvgIpc) is 3.11. The van der Waals surface area contributed by atoms with Crippen LogP contribution in [0.15, 0.2) is 41.3 Å². The molecule has 6 heteroatoms. The van der Waals surface area contributed by atoms with E-state index in [1.165, 1.54) is 4.90 Å². The molecule has 1 N–H and O–H groups in total. The summed E-state index contributed by atoms with van der Waals surface area (Å²) in [6, 6.07) is 11.8. The number of rotatable bonds is 6. The first kappa shape index (κ1) is 19.4. The van der Waals surface area contributed by atoms with Crippen molar-refractivity contribution in [1.82, 2.24) is 4.90 Å². The number of aryl methyl sites for hydroxylation is 1. The minimum absolute atomic E-state index is 0.141. The molecule has 3 rings (SSSR count). The number of carbonyl (C=O) groups excluding carboxylic acids is 1. The van der Waals surface area contributed by atoms with Gasteiger partial charge in [-0.2, -0.15) is 0 Å². The highest BCUT2D eigenvalue weighted by molar-refractivity contribution is 7.99. The van der Waals surface area contributed by atoms with Crippen LogP contribution < -0.4 is 14.8 Å². The van der Waals surface area contributed by atoms with Crippen LogP contribution in [-0.4, -0.2) is 30.0 Å². The molecule has 2 aromatic rings. The highest BCUT2D eigenvalue weighted by atomic mass is 32.2. The number of thioether (sulfide) groups is 1. The molecule has 0 spiro atoms. The van der Waals surface area contributed by atoms with Gasteiger partial charge in [0.2, 0.25) is 6.79 Å². The lowest BCUT2D eigenvalue weighted by Gasteiger charge is -2.19. The van der Waals surface area contributed by atoms with E-state index in [1.807, 2.05) is 43.0 Å². The van der Waals surface area contributed by atoms with Crippen LogP contribution in [-0.2, 0) is 6.54 Å². The fourth-order valence-corrected chi connectivity index (χ4v) is 3.78. The second-order valence-electron chi connectivity index (χ2n) is 6.79. The Morgan fingerprint density at radius 2 is 2.00 bits per heavy atom. The molecular formula is C21H26N2O3S. The zero-order chi connectivity index (χ0) is 19.4. The van der Waals surface area contributed by atoms with E-state index in [4.69, 9.17) is 9.47 Å². The van der Waals surface area contributed by atoms with Crippen LogP contribution in [0.3, 0.4) is 0 Å². The molecule has 0 radical (unpaired) electrons. The summed E-state index contributed by atoms with van der Waals surface area (Å²) in [4.78, 5) is 15.4. The predicted octanol–water partition coefficient (Wildman–Crippen LogP) is 5.28. The highest BCUT2D eigenvalue weighted by Crippen LogP contribution is 2.33. The second-order valence-corrected chi connectivity index (χ2v) is 8.30. The van der Waals surface area contributed by atoms with Crippen molar-refractivity contribution < 1.29 is 14.3 Å². The van der Waals surface area contributed by atoms with Gasteiger partial charge in [-0.25, -0.2) is 4.79 Å². The van der Waals surface area contributed by atoms with Crippen molar-refractivity contribution in [3.63, 3.8) is 0 Å². The number of carbonyl (C=O) groups is 1. The highest BCUT2D eigenvalue weighted by Gasteiger charge is 2.16. The zero-order valence-electron chi connectivity index (χ0n) is 16.2. The van der Waals surface area contributed by atoms with E-state index in [0.717, 1.165) is 34.7 Å². The molecule has 0 saturated heterocycles. The number of nitrogens with zero attached hydrogens (tertiary/aromatic N) is 1. The summed E-state index contributed by atoms with van der Waals surface area (Å²) in [5.41, 5.74) is 2.90. The molecule has 1 aliphatic rings. The largest absolute Gasteiger partial charge is 0.454 e. The van der Waals surface area contributed by atoms with Gasteiger partial charge in [0.25, 0.3) is 0 Å². The number of amides is 2. The first-order valence-corrected chi connectivity index (χ1v) is 10.0. The molecule has 5 nitrogen and oxygen atoms in total. The number of hydrogen-bond acceptors (Lipinski definition) is 4. The van der Waals surface area contributed by atoms with Crippen molar-refractivity contribution in [3.8, 4) is 11.5 Å². The van der Waals surface area contributed by atoms with Crippen LogP contribution in [0.2, 0.25) is 0 Å². The van der Waals surface area contributed by atoms with Crippen LogP contribution in [0.5, 0.6) is 11.5 Å². The first-order chi connectivity index (χ1) is 13.0. The number of urea groups is 1. The third-order valence-electron chi connectivity index (χ3n) is 4.56. The maximum atomic E-state index is 12.6. The van der Waals surface area contributed by atoms with E-state index >= 15 is 0 Å². The number of fused-ring (bicyclic) bond motifs is 1. The first-order valence-electron chi connectivity index (χ1n) is 9.14. The molecule has 0 fully saturated rings. The maximum Gasteiger partial charge on any atom is 0.321 e. The zero-order valence-corrected chi connectivity index (χ0v) is 17.1. The minimum Gasteiger partial charge on any atom is -0.454 e. The third-order valence-corrected chi connectivity index (χ3v) is 5.82. The Labute approximate surface area is 165 Å². The van der Waals surface area contributed by atoms with Crippen molar-refractivity contribution in [2.24, 2.45) is 0 Å². The molecule has 0 aliphatic carbocycles. The summed E-state index contributed by atoms with van der Waals surface area (Å²) >= 11 is 1.86. The van der Waals surface area contributed by atoms with Gasteiger partial charge in [0, 0.05) is 29.4 Å². The van der Waals surface area contributed by atoms with E-state index in [1.54, 1.807) is 11.9 Å². The minimum atomic E-state index is -0.141. The van der Waals surface area contributed by atoms with Crippen molar-refractivity contribution >= 4 is 23.5 Å². The number of hydrogen-bond donors (Lipinski definition) is 1. The fourth-order valence-electron chi connectivity index (χ4n) is 2.76. The monoisotopic (exact) mass is 386 g/mol. The summed E-state index contributed by atoms with van der Waals surface area (Å²) in [6.07, 6.45) is 1.13. The number of anilines is 1. The molecule has 1 unspecified atom stereocenters. The number of benzene rings is 2. The lowest BCUT2D eigenvalue weighted by atomic mass is 10.2. The van der Waals surface area contributed by atoms with E-state index in [-0.39, 0.29) is 12.8 Å². The Hall–Kier alpha value is -2.34. The van der Waals surface area contributed by atoms with Gasteiger partial charge >= 0.3 is 6.03 Å². The molecular weight excluding hydrogens is 360 g/mol. The van der Waals surface area contributed by atoms with Gasteiger partial charge in [-0.3, -0.25) is 0 Å². The topological polar surface area (TPSA) is 50.8 Å². The van der Waals surface area contributed by atoms with Gasteiger partial charge in [0.05, 0.1) is 0 Å². The van der Waals surface area contributed by atoms with Crippen LogP contribution in [0.4, 0.5) is 10.5 Å². The molecule has 0 saturated carbocycles. The van der Waals surface area contributed by atoms with Crippen molar-refractivity contribution in [2.75, 3.05) is 19.2 Å². The third kappa shape index (κ3) is 4.89. The summed E-state index contributed by atoms with van der Waals surface area (Å²) in [7, 11) is 1.78. The molecule has 27 heavy (non-hydrogen) atoms. The SMILES string of the molecule is CCC(C)Sc1ccc(NC(=O)N(C)Cc2ccc3c(c2)OCO3)c(C)c1. The average molecular weight is 387 g/mol. The summed E-state index contributed by atoms with van der Waals surface area (Å²) in [5, 5.41) is 3.58.